The Balaban J connectivity index is 1.88. The zero-order chi connectivity index (χ0) is 19.7. The van der Waals surface area contributed by atoms with Crippen LogP contribution < -0.4 is 4.90 Å². The van der Waals surface area contributed by atoms with Crippen LogP contribution in [0.1, 0.15) is 10.9 Å². The van der Waals surface area contributed by atoms with Crippen molar-refractivity contribution in [1.82, 2.24) is 14.9 Å². The standard InChI is InChI=1S/C19H19N5O2S2/c1-23-8-10-24(11-9-23)19-18(21-14-5-2-3-6-15(14)22-19)16(13-20)28(25,26)17-7-4-12-27-17/h2-7,12,16H,8-11H2,1H3. The van der Waals surface area contributed by atoms with Crippen LogP contribution in [0.25, 0.3) is 11.0 Å². The van der Waals surface area contributed by atoms with Crippen LogP contribution in [0.4, 0.5) is 5.82 Å². The van der Waals surface area contributed by atoms with E-state index in [0.29, 0.717) is 29.9 Å². The Morgan fingerprint density at radius 2 is 1.75 bits per heavy atom. The quantitative estimate of drug-likeness (QED) is 0.649. The first-order chi connectivity index (χ1) is 13.5. The van der Waals surface area contributed by atoms with Crippen LogP contribution >= 0.6 is 11.3 Å². The van der Waals surface area contributed by atoms with Gasteiger partial charge in [0.15, 0.2) is 11.1 Å². The smallest absolute Gasteiger partial charge is 0.209 e. The lowest BCUT2D eigenvalue weighted by molar-refractivity contribution is 0.312. The first kappa shape index (κ1) is 18.8. The van der Waals surface area contributed by atoms with E-state index in [0.717, 1.165) is 24.4 Å². The van der Waals surface area contributed by atoms with Gasteiger partial charge in [0.05, 0.1) is 17.1 Å². The molecule has 144 valence electrons. The highest BCUT2D eigenvalue weighted by atomic mass is 32.2. The Bertz CT molecular complexity index is 1130. The molecule has 1 atom stereocenters. The second-order valence-electron chi connectivity index (χ2n) is 6.70. The number of rotatable bonds is 4. The van der Waals surface area contributed by atoms with Crippen LogP contribution in [-0.2, 0) is 9.84 Å². The minimum atomic E-state index is -3.88. The van der Waals surface area contributed by atoms with Crippen LogP contribution in [0, 0.1) is 11.3 Å². The number of sulfone groups is 1. The average Bonchev–Trinajstić information content (AvgIpc) is 3.24. The molecule has 3 heterocycles. The Kier molecular flexibility index (Phi) is 5.02. The molecule has 0 radical (unpaired) electrons. The SMILES string of the molecule is CN1CCN(c2nc3ccccc3nc2C(C#N)S(=O)(=O)c2cccs2)CC1. The summed E-state index contributed by atoms with van der Waals surface area (Å²) in [6.45, 7) is 3.08. The molecular formula is C19H19N5O2S2. The molecule has 1 aromatic carbocycles. The molecule has 7 nitrogen and oxygen atoms in total. The van der Waals surface area contributed by atoms with Gasteiger partial charge in [-0.25, -0.2) is 18.4 Å². The van der Waals surface area contributed by atoms with Crippen molar-refractivity contribution in [2.75, 3.05) is 38.1 Å². The van der Waals surface area contributed by atoms with Gasteiger partial charge in [0.1, 0.15) is 9.90 Å². The van der Waals surface area contributed by atoms with Gasteiger partial charge >= 0.3 is 0 Å². The molecule has 2 aromatic heterocycles. The molecule has 1 aliphatic heterocycles. The normalized spacial score (nSPS) is 16.8. The second kappa shape index (κ2) is 7.47. The summed E-state index contributed by atoms with van der Waals surface area (Å²) < 4.78 is 26.4. The van der Waals surface area contributed by atoms with Gasteiger partial charge in [-0.15, -0.1) is 11.3 Å². The molecule has 1 fully saturated rings. The van der Waals surface area contributed by atoms with E-state index in [1.165, 1.54) is 6.07 Å². The van der Waals surface area contributed by atoms with Crippen molar-refractivity contribution >= 4 is 38.0 Å². The third kappa shape index (κ3) is 3.35. The number of hydrogen-bond donors (Lipinski definition) is 0. The average molecular weight is 414 g/mol. The van der Waals surface area contributed by atoms with E-state index in [1.54, 1.807) is 17.5 Å². The van der Waals surface area contributed by atoms with Crippen molar-refractivity contribution in [2.45, 2.75) is 9.46 Å². The number of nitrogens with zero attached hydrogens (tertiary/aromatic N) is 5. The molecule has 0 bridgehead atoms. The molecule has 4 rings (SSSR count). The van der Waals surface area contributed by atoms with Crippen molar-refractivity contribution in [1.29, 1.82) is 5.26 Å². The summed E-state index contributed by atoms with van der Waals surface area (Å²) in [5, 5.41) is 10.1. The highest BCUT2D eigenvalue weighted by molar-refractivity contribution is 7.93. The number of thiophene rings is 1. The Labute approximate surface area is 167 Å². The van der Waals surface area contributed by atoms with Crippen LogP contribution in [0.2, 0.25) is 0 Å². The molecule has 9 heteroatoms. The lowest BCUT2D eigenvalue weighted by Crippen LogP contribution is -2.45. The predicted octanol–water partition coefficient (Wildman–Crippen LogP) is 2.48. The number of aromatic nitrogens is 2. The van der Waals surface area contributed by atoms with Crippen LogP contribution in [0.5, 0.6) is 0 Å². The van der Waals surface area contributed by atoms with Gasteiger partial charge in [-0.3, -0.25) is 0 Å². The van der Waals surface area contributed by atoms with E-state index >= 15 is 0 Å². The summed E-state index contributed by atoms with van der Waals surface area (Å²) in [5.41, 5.74) is 1.47. The number of anilines is 1. The molecule has 0 spiro atoms. The molecular weight excluding hydrogens is 394 g/mol. The van der Waals surface area contributed by atoms with Gasteiger partial charge in [-0.1, -0.05) is 18.2 Å². The van der Waals surface area contributed by atoms with Gasteiger partial charge in [0, 0.05) is 26.2 Å². The minimum Gasteiger partial charge on any atom is -0.352 e. The number of piperazine rings is 1. The molecule has 3 aromatic rings. The highest BCUT2D eigenvalue weighted by Gasteiger charge is 2.35. The predicted molar refractivity (Wildman–Crippen MR) is 109 cm³/mol. The third-order valence-electron chi connectivity index (χ3n) is 4.83. The van der Waals surface area contributed by atoms with Crippen LogP contribution in [0.15, 0.2) is 46.0 Å². The fourth-order valence-corrected chi connectivity index (χ4v) is 5.78. The summed E-state index contributed by atoms with van der Waals surface area (Å²) in [6.07, 6.45) is 0. The monoisotopic (exact) mass is 413 g/mol. The molecule has 0 saturated carbocycles. The van der Waals surface area contributed by atoms with Crippen molar-refractivity contribution in [3.63, 3.8) is 0 Å². The Morgan fingerprint density at radius 3 is 2.36 bits per heavy atom. The van der Waals surface area contributed by atoms with E-state index in [2.05, 4.69) is 9.88 Å². The molecule has 1 aliphatic rings. The number of benzene rings is 1. The van der Waals surface area contributed by atoms with Gasteiger partial charge < -0.3 is 9.80 Å². The fourth-order valence-electron chi connectivity index (χ4n) is 3.25. The van der Waals surface area contributed by atoms with Crippen LogP contribution in [0.3, 0.4) is 0 Å². The second-order valence-corrected chi connectivity index (χ2v) is 9.91. The summed E-state index contributed by atoms with van der Waals surface area (Å²) in [7, 11) is -1.84. The summed E-state index contributed by atoms with van der Waals surface area (Å²) in [5.74, 6) is 0.485. The number of fused-ring (bicyclic) bond motifs is 1. The minimum absolute atomic E-state index is 0.165. The first-order valence-corrected chi connectivity index (χ1v) is 11.3. The maximum absolute atomic E-state index is 13.1. The first-order valence-electron chi connectivity index (χ1n) is 8.88. The fraction of sp³-hybridized carbons (Fsp3) is 0.316. The summed E-state index contributed by atoms with van der Waals surface area (Å²) in [4.78, 5) is 13.6. The molecule has 1 saturated heterocycles. The van der Waals surface area contributed by atoms with Crippen molar-refractivity contribution in [3.05, 3.63) is 47.5 Å². The Morgan fingerprint density at radius 1 is 1.07 bits per heavy atom. The lowest BCUT2D eigenvalue weighted by Gasteiger charge is -2.34. The van der Waals surface area contributed by atoms with E-state index in [-0.39, 0.29) is 9.90 Å². The van der Waals surface area contributed by atoms with Crippen LogP contribution in [-0.4, -0.2) is 56.5 Å². The number of para-hydroxylation sites is 2. The Hall–Kier alpha value is -2.54. The summed E-state index contributed by atoms with van der Waals surface area (Å²) >= 11 is 1.11. The number of likely N-dealkylation sites (N-methyl/N-ethyl adjacent to an activating group) is 1. The number of nitriles is 1. The molecule has 0 N–H and O–H groups in total. The molecule has 0 amide bonds. The molecule has 0 aliphatic carbocycles. The summed E-state index contributed by atoms with van der Waals surface area (Å²) in [6, 6.07) is 12.5. The van der Waals surface area contributed by atoms with Crippen molar-refractivity contribution in [3.8, 4) is 6.07 Å². The van der Waals surface area contributed by atoms with Crippen molar-refractivity contribution in [2.24, 2.45) is 0 Å². The zero-order valence-electron chi connectivity index (χ0n) is 15.3. The van der Waals surface area contributed by atoms with Gasteiger partial charge in [0.25, 0.3) is 0 Å². The van der Waals surface area contributed by atoms with E-state index in [1.807, 2.05) is 36.2 Å². The molecule has 28 heavy (non-hydrogen) atoms. The largest absolute Gasteiger partial charge is 0.352 e. The van der Waals surface area contributed by atoms with E-state index < -0.39 is 15.1 Å². The van der Waals surface area contributed by atoms with Crippen molar-refractivity contribution < 1.29 is 8.42 Å². The van der Waals surface area contributed by atoms with Gasteiger partial charge in [-0.05, 0) is 30.6 Å². The van der Waals surface area contributed by atoms with Gasteiger partial charge in [-0.2, -0.15) is 5.26 Å². The maximum Gasteiger partial charge on any atom is 0.209 e. The van der Waals surface area contributed by atoms with E-state index in [4.69, 9.17) is 4.98 Å². The zero-order valence-corrected chi connectivity index (χ0v) is 16.9. The van der Waals surface area contributed by atoms with E-state index in [9.17, 15) is 13.7 Å². The third-order valence-corrected chi connectivity index (χ3v) is 8.13. The lowest BCUT2D eigenvalue weighted by atomic mass is 10.2. The highest BCUT2D eigenvalue weighted by Crippen LogP contribution is 2.35. The van der Waals surface area contributed by atoms with Gasteiger partial charge in [0.2, 0.25) is 9.84 Å². The maximum atomic E-state index is 13.1. The molecule has 1 unspecified atom stereocenters. The topological polar surface area (TPSA) is 90.2 Å². The number of hydrogen-bond acceptors (Lipinski definition) is 8.